The molecule has 2 N–H and O–H groups in total. The fraction of sp³-hybridized carbons (Fsp3) is 0.0500. The van der Waals surface area contributed by atoms with Crippen molar-refractivity contribution >= 4 is 33.3 Å². The van der Waals surface area contributed by atoms with Crippen LogP contribution in [0.4, 0.5) is 25.8 Å². The molecule has 0 unspecified atom stereocenters. The zero-order valence-electron chi connectivity index (χ0n) is 16.5. The number of nitro groups is 1. The van der Waals surface area contributed by atoms with Crippen LogP contribution in [0.1, 0.15) is 5.56 Å². The fourth-order valence-electron chi connectivity index (χ4n) is 2.60. The van der Waals surface area contributed by atoms with Gasteiger partial charge in [-0.15, -0.1) is 0 Å². The van der Waals surface area contributed by atoms with Crippen molar-refractivity contribution in [1.82, 2.24) is 0 Å². The maximum atomic E-state index is 13.6. The molecule has 0 aromatic heterocycles. The van der Waals surface area contributed by atoms with Crippen LogP contribution in [0.25, 0.3) is 0 Å². The second-order valence-corrected chi connectivity index (χ2v) is 7.96. The maximum absolute atomic E-state index is 13.6. The molecule has 3 aromatic rings. The van der Waals surface area contributed by atoms with Gasteiger partial charge in [0, 0.05) is 11.8 Å². The zero-order chi connectivity index (χ0) is 23.3. The topological polar surface area (TPSA) is 123 Å². The van der Waals surface area contributed by atoms with E-state index in [4.69, 9.17) is 4.74 Å². The molecule has 9 nitrogen and oxygen atoms in total. The lowest BCUT2D eigenvalue weighted by molar-refractivity contribution is -0.384. The molecule has 0 spiro atoms. The molecule has 3 rings (SSSR count). The molecule has 0 saturated carbocycles. The second kappa shape index (κ2) is 9.39. The molecule has 0 amide bonds. The number of anilines is 2. The summed E-state index contributed by atoms with van der Waals surface area (Å²) in [7, 11) is -2.68. The first kappa shape index (κ1) is 22.6. The molecule has 166 valence electrons. The van der Waals surface area contributed by atoms with E-state index in [1.165, 1.54) is 25.3 Å². The monoisotopic (exact) mass is 462 g/mol. The van der Waals surface area contributed by atoms with Gasteiger partial charge in [-0.2, -0.15) is 5.10 Å². The number of nitrogens with zero attached hydrogens (tertiary/aromatic N) is 2. The van der Waals surface area contributed by atoms with Gasteiger partial charge in [0.05, 0.1) is 28.7 Å². The molecule has 0 atom stereocenters. The minimum absolute atomic E-state index is 0.175. The highest BCUT2D eigenvalue weighted by Gasteiger charge is 2.21. The summed E-state index contributed by atoms with van der Waals surface area (Å²) >= 11 is 0. The third-order valence-corrected chi connectivity index (χ3v) is 5.58. The van der Waals surface area contributed by atoms with Gasteiger partial charge in [0.2, 0.25) is 0 Å². The van der Waals surface area contributed by atoms with Gasteiger partial charge in [-0.05, 0) is 48.5 Å². The van der Waals surface area contributed by atoms with E-state index >= 15 is 0 Å². The van der Waals surface area contributed by atoms with E-state index in [-0.39, 0.29) is 16.3 Å². The van der Waals surface area contributed by atoms with Gasteiger partial charge in [-0.1, -0.05) is 6.07 Å². The number of benzene rings is 3. The van der Waals surface area contributed by atoms with E-state index in [1.54, 1.807) is 12.1 Å². The van der Waals surface area contributed by atoms with Crippen molar-refractivity contribution in [3.05, 3.63) is 88.0 Å². The van der Waals surface area contributed by atoms with Crippen LogP contribution in [0.2, 0.25) is 0 Å². The van der Waals surface area contributed by atoms with Crippen LogP contribution in [0.3, 0.4) is 0 Å². The van der Waals surface area contributed by atoms with Crippen LogP contribution >= 0.6 is 0 Å². The zero-order valence-corrected chi connectivity index (χ0v) is 17.3. The first-order valence-electron chi connectivity index (χ1n) is 8.89. The Morgan fingerprint density at radius 2 is 1.72 bits per heavy atom. The molecule has 0 heterocycles. The number of sulfonamides is 1. The van der Waals surface area contributed by atoms with Crippen LogP contribution < -0.4 is 14.9 Å². The standard InChI is InChI=1S/C20H16F2N4O5S/c1-31-14-7-5-13(6-8-14)25-32(29,30)15-9-10-19(20(11-15)26(27)28)24-23-12-16-17(21)3-2-4-18(16)22/h2-12,24-25H,1H3. The normalized spacial score (nSPS) is 11.3. The van der Waals surface area contributed by atoms with Gasteiger partial charge >= 0.3 is 0 Å². The maximum Gasteiger partial charge on any atom is 0.295 e. The first-order valence-corrected chi connectivity index (χ1v) is 10.4. The van der Waals surface area contributed by atoms with Crippen molar-refractivity contribution < 1.29 is 26.9 Å². The highest BCUT2D eigenvalue weighted by molar-refractivity contribution is 7.92. The van der Waals surface area contributed by atoms with Crippen LogP contribution in [-0.2, 0) is 10.0 Å². The van der Waals surface area contributed by atoms with Gasteiger partial charge in [0.25, 0.3) is 15.7 Å². The Balaban J connectivity index is 1.85. The molecule has 0 aliphatic heterocycles. The molecule has 0 saturated heterocycles. The molecular formula is C20H16F2N4O5S. The smallest absolute Gasteiger partial charge is 0.295 e. The second-order valence-electron chi connectivity index (χ2n) is 6.28. The van der Waals surface area contributed by atoms with Gasteiger partial charge in [0.1, 0.15) is 23.1 Å². The quantitative estimate of drug-likeness (QED) is 0.295. The van der Waals surface area contributed by atoms with Crippen LogP contribution in [0.5, 0.6) is 5.75 Å². The van der Waals surface area contributed by atoms with E-state index in [9.17, 15) is 27.3 Å². The minimum atomic E-state index is -4.14. The number of hydrazone groups is 1. The molecule has 12 heteroatoms. The number of nitrogens with one attached hydrogen (secondary N) is 2. The summed E-state index contributed by atoms with van der Waals surface area (Å²) in [5, 5.41) is 15.1. The average molecular weight is 462 g/mol. The number of halogens is 2. The fourth-order valence-corrected chi connectivity index (χ4v) is 3.68. The number of ether oxygens (including phenoxy) is 1. The number of nitro benzene ring substituents is 1. The van der Waals surface area contributed by atoms with Crippen molar-refractivity contribution in [3.63, 3.8) is 0 Å². The van der Waals surface area contributed by atoms with Crippen molar-refractivity contribution in [3.8, 4) is 5.75 Å². The van der Waals surface area contributed by atoms with Gasteiger partial charge in [0.15, 0.2) is 0 Å². The summed E-state index contributed by atoms with van der Waals surface area (Å²) in [6.45, 7) is 0. The summed E-state index contributed by atoms with van der Waals surface area (Å²) in [4.78, 5) is 10.3. The number of hydrogen-bond acceptors (Lipinski definition) is 7. The van der Waals surface area contributed by atoms with E-state index in [1.807, 2.05) is 0 Å². The Bertz CT molecular complexity index is 1260. The van der Waals surface area contributed by atoms with Crippen molar-refractivity contribution in [2.45, 2.75) is 4.90 Å². The molecule has 0 bridgehead atoms. The first-order chi connectivity index (χ1) is 15.2. The Morgan fingerprint density at radius 1 is 1.06 bits per heavy atom. The Kier molecular flexibility index (Phi) is 6.64. The lowest BCUT2D eigenvalue weighted by Crippen LogP contribution is -2.13. The van der Waals surface area contributed by atoms with Crippen molar-refractivity contribution in [2.24, 2.45) is 5.10 Å². The Labute approximate surface area is 181 Å². The summed E-state index contributed by atoms with van der Waals surface area (Å²) < 4.78 is 59.8. The lowest BCUT2D eigenvalue weighted by atomic mass is 10.2. The predicted molar refractivity (Wildman–Crippen MR) is 114 cm³/mol. The van der Waals surface area contributed by atoms with Gasteiger partial charge in [-0.25, -0.2) is 17.2 Å². The van der Waals surface area contributed by atoms with E-state index in [0.717, 1.165) is 36.5 Å². The van der Waals surface area contributed by atoms with Crippen LogP contribution in [-0.4, -0.2) is 26.7 Å². The summed E-state index contributed by atoms with van der Waals surface area (Å²) in [6, 6.07) is 12.4. The van der Waals surface area contributed by atoms with E-state index in [0.29, 0.717) is 5.75 Å². The van der Waals surface area contributed by atoms with Gasteiger partial charge < -0.3 is 4.74 Å². The van der Waals surface area contributed by atoms with Crippen LogP contribution in [0.15, 0.2) is 70.7 Å². The summed E-state index contributed by atoms with van der Waals surface area (Å²) in [6.07, 6.45) is 0.824. The lowest BCUT2D eigenvalue weighted by Gasteiger charge is -2.10. The summed E-state index contributed by atoms with van der Waals surface area (Å²) in [5.41, 5.74) is 1.32. The third kappa shape index (κ3) is 5.16. The molecule has 32 heavy (non-hydrogen) atoms. The SMILES string of the molecule is COc1ccc(NS(=O)(=O)c2ccc(NN=Cc3c(F)cccc3F)c([N+](=O)[O-])c2)cc1. The number of methoxy groups -OCH3 is 1. The largest absolute Gasteiger partial charge is 0.497 e. The van der Waals surface area contributed by atoms with Crippen molar-refractivity contribution in [2.75, 3.05) is 17.3 Å². The Hall–Kier alpha value is -4.06. The Morgan fingerprint density at radius 3 is 2.31 bits per heavy atom. The molecule has 0 fully saturated rings. The molecule has 0 aliphatic rings. The molecular weight excluding hydrogens is 446 g/mol. The highest BCUT2D eigenvalue weighted by atomic mass is 32.2. The molecule has 0 radical (unpaired) electrons. The van der Waals surface area contributed by atoms with Crippen molar-refractivity contribution in [1.29, 1.82) is 0 Å². The van der Waals surface area contributed by atoms with Gasteiger partial charge in [-0.3, -0.25) is 20.3 Å². The third-order valence-electron chi connectivity index (χ3n) is 4.20. The van der Waals surface area contributed by atoms with Crippen LogP contribution in [0, 0.1) is 21.7 Å². The minimum Gasteiger partial charge on any atom is -0.497 e. The van der Waals surface area contributed by atoms with E-state index in [2.05, 4.69) is 15.2 Å². The van der Waals surface area contributed by atoms with E-state index < -0.39 is 37.8 Å². The molecule has 0 aliphatic carbocycles. The number of hydrogen-bond donors (Lipinski definition) is 2. The summed E-state index contributed by atoms with van der Waals surface area (Å²) in [5.74, 6) is -1.21. The molecule has 3 aromatic carbocycles. The average Bonchev–Trinajstić information content (AvgIpc) is 2.76. The highest BCUT2D eigenvalue weighted by Crippen LogP contribution is 2.29. The predicted octanol–water partition coefficient (Wildman–Crippen LogP) is 4.13. The number of rotatable bonds is 8.